The Hall–Kier alpha value is -3.06. The Morgan fingerprint density at radius 1 is 1.00 bits per heavy atom. The van der Waals surface area contributed by atoms with Crippen LogP contribution in [0.4, 0.5) is 5.69 Å². The van der Waals surface area contributed by atoms with Gasteiger partial charge in [-0.2, -0.15) is 0 Å². The predicted molar refractivity (Wildman–Crippen MR) is 112 cm³/mol. The van der Waals surface area contributed by atoms with E-state index in [2.05, 4.69) is 70.6 Å². The molecule has 0 heterocycles. The third-order valence-corrected chi connectivity index (χ3v) is 4.91. The normalized spacial score (nSPS) is 9.96. The zero-order chi connectivity index (χ0) is 20.7. The number of rotatable bonds is 4. The molecule has 0 bridgehead atoms. The number of ether oxygens (including phenoxy) is 1. The third kappa shape index (κ3) is 5.47. The summed E-state index contributed by atoms with van der Waals surface area (Å²) in [7, 11) is 1.71. The van der Waals surface area contributed by atoms with Crippen molar-refractivity contribution in [3.63, 3.8) is 0 Å². The van der Waals surface area contributed by atoms with Gasteiger partial charge in [-0.25, -0.2) is 9.59 Å². The number of hydrogen-bond donors (Lipinski definition) is 3. The van der Waals surface area contributed by atoms with E-state index in [0.29, 0.717) is 0 Å². The number of benzene rings is 3. The molecule has 146 valence electrons. The summed E-state index contributed by atoms with van der Waals surface area (Å²) in [6.07, 6.45) is 0. The van der Waals surface area contributed by atoms with Gasteiger partial charge in [0.05, 0.1) is 7.11 Å². The van der Waals surface area contributed by atoms with Crippen molar-refractivity contribution in [2.24, 2.45) is 0 Å². The Labute approximate surface area is 170 Å². The Kier molecular flexibility index (Phi) is 7.40. The number of nitrogens with one attached hydrogen (secondary N) is 1. The molecule has 28 heavy (non-hydrogen) atoms. The van der Waals surface area contributed by atoms with Crippen molar-refractivity contribution < 1.29 is 24.5 Å². The molecule has 6 nitrogen and oxygen atoms in total. The Morgan fingerprint density at radius 2 is 1.64 bits per heavy atom. The SMILES string of the molecule is COc1ccc(CNc2ccc(Br)c(C)c2)c2ccccc12.O=C(O)C(=O)O. The van der Waals surface area contributed by atoms with Crippen LogP contribution in [0.5, 0.6) is 5.75 Å². The largest absolute Gasteiger partial charge is 0.496 e. The molecule has 0 radical (unpaired) electrons. The molecule has 0 spiro atoms. The minimum atomic E-state index is -1.82. The van der Waals surface area contributed by atoms with Gasteiger partial charge < -0.3 is 20.3 Å². The first-order valence-electron chi connectivity index (χ1n) is 8.34. The fourth-order valence-corrected chi connectivity index (χ4v) is 2.86. The molecule has 0 saturated carbocycles. The van der Waals surface area contributed by atoms with Gasteiger partial charge >= 0.3 is 11.9 Å². The van der Waals surface area contributed by atoms with E-state index in [1.54, 1.807) is 7.11 Å². The maximum atomic E-state index is 9.10. The van der Waals surface area contributed by atoms with E-state index in [1.165, 1.54) is 16.5 Å². The van der Waals surface area contributed by atoms with Gasteiger partial charge in [0.1, 0.15) is 5.75 Å². The van der Waals surface area contributed by atoms with E-state index in [-0.39, 0.29) is 0 Å². The molecule has 0 aliphatic carbocycles. The molecular weight excluding hydrogens is 426 g/mol. The van der Waals surface area contributed by atoms with Gasteiger partial charge in [0.15, 0.2) is 0 Å². The Bertz CT molecular complexity index is 991. The molecule has 0 aromatic heterocycles. The van der Waals surface area contributed by atoms with Crippen molar-refractivity contribution in [1.29, 1.82) is 0 Å². The van der Waals surface area contributed by atoms with Crippen molar-refractivity contribution >= 4 is 44.3 Å². The highest BCUT2D eigenvalue weighted by Gasteiger charge is 2.06. The molecule has 3 rings (SSSR count). The number of aryl methyl sites for hydroxylation is 1. The molecule has 3 aromatic carbocycles. The topological polar surface area (TPSA) is 95.9 Å². The molecule has 0 aliphatic heterocycles. The molecule has 0 unspecified atom stereocenters. The predicted octanol–water partition coefficient (Wildman–Crippen LogP) is 4.69. The van der Waals surface area contributed by atoms with E-state index in [9.17, 15) is 0 Å². The summed E-state index contributed by atoms with van der Waals surface area (Å²) in [5.74, 6) is -2.73. The average Bonchev–Trinajstić information content (AvgIpc) is 2.69. The van der Waals surface area contributed by atoms with Gasteiger partial charge in [-0.15, -0.1) is 0 Å². The number of carbonyl (C=O) groups is 2. The van der Waals surface area contributed by atoms with Crippen molar-refractivity contribution in [3.8, 4) is 5.75 Å². The second-order valence-electron chi connectivity index (χ2n) is 5.90. The van der Waals surface area contributed by atoms with Gasteiger partial charge in [-0.3, -0.25) is 0 Å². The Balaban J connectivity index is 0.000000409. The molecule has 0 amide bonds. The summed E-state index contributed by atoms with van der Waals surface area (Å²) < 4.78 is 6.58. The van der Waals surface area contributed by atoms with Crippen molar-refractivity contribution in [3.05, 3.63) is 70.2 Å². The minimum Gasteiger partial charge on any atom is -0.496 e. The molecule has 0 atom stereocenters. The summed E-state index contributed by atoms with van der Waals surface area (Å²) in [6.45, 7) is 2.88. The second kappa shape index (κ2) is 9.75. The highest BCUT2D eigenvalue weighted by atomic mass is 79.9. The number of methoxy groups -OCH3 is 1. The highest BCUT2D eigenvalue weighted by Crippen LogP contribution is 2.29. The van der Waals surface area contributed by atoms with Crippen molar-refractivity contribution in [2.45, 2.75) is 13.5 Å². The number of fused-ring (bicyclic) bond motifs is 1. The van der Waals surface area contributed by atoms with Crippen LogP contribution in [0.1, 0.15) is 11.1 Å². The number of halogens is 1. The molecular formula is C21H20BrNO5. The van der Waals surface area contributed by atoms with E-state index in [0.717, 1.165) is 27.8 Å². The number of aliphatic carboxylic acids is 2. The first-order chi connectivity index (χ1) is 13.3. The van der Waals surface area contributed by atoms with Crippen LogP contribution < -0.4 is 10.1 Å². The maximum absolute atomic E-state index is 9.10. The smallest absolute Gasteiger partial charge is 0.414 e. The van der Waals surface area contributed by atoms with Crippen molar-refractivity contribution in [2.75, 3.05) is 12.4 Å². The first kappa shape index (κ1) is 21.2. The number of carboxylic acids is 2. The molecule has 3 N–H and O–H groups in total. The number of hydrogen-bond acceptors (Lipinski definition) is 4. The van der Waals surface area contributed by atoms with Crippen LogP contribution in [0.3, 0.4) is 0 Å². The van der Waals surface area contributed by atoms with Gasteiger partial charge in [0, 0.05) is 22.1 Å². The quantitative estimate of drug-likeness (QED) is 0.504. The minimum absolute atomic E-state index is 0.783. The van der Waals surface area contributed by atoms with E-state index in [1.807, 2.05) is 12.1 Å². The van der Waals surface area contributed by atoms with E-state index >= 15 is 0 Å². The van der Waals surface area contributed by atoms with E-state index in [4.69, 9.17) is 24.5 Å². The first-order valence-corrected chi connectivity index (χ1v) is 9.13. The Morgan fingerprint density at radius 3 is 2.21 bits per heavy atom. The van der Waals surface area contributed by atoms with Crippen LogP contribution in [0.25, 0.3) is 10.8 Å². The molecule has 0 aliphatic rings. The van der Waals surface area contributed by atoms with Crippen LogP contribution in [-0.4, -0.2) is 29.3 Å². The van der Waals surface area contributed by atoms with Gasteiger partial charge in [0.2, 0.25) is 0 Å². The van der Waals surface area contributed by atoms with Crippen LogP contribution in [0.15, 0.2) is 59.1 Å². The second-order valence-corrected chi connectivity index (χ2v) is 6.75. The molecule has 3 aromatic rings. The van der Waals surface area contributed by atoms with Gasteiger partial charge in [-0.05, 0) is 47.7 Å². The summed E-state index contributed by atoms with van der Waals surface area (Å²) in [5, 5.41) is 20.7. The summed E-state index contributed by atoms with van der Waals surface area (Å²) in [4.78, 5) is 18.2. The number of anilines is 1. The lowest BCUT2D eigenvalue weighted by Crippen LogP contribution is -2.09. The molecule has 0 saturated heterocycles. The lowest BCUT2D eigenvalue weighted by Gasteiger charge is -2.12. The van der Waals surface area contributed by atoms with Crippen molar-refractivity contribution in [1.82, 2.24) is 0 Å². The monoisotopic (exact) mass is 445 g/mol. The fourth-order valence-electron chi connectivity index (χ4n) is 2.62. The molecule has 0 fully saturated rings. The van der Waals surface area contributed by atoms with E-state index < -0.39 is 11.9 Å². The fraction of sp³-hybridized carbons (Fsp3) is 0.143. The maximum Gasteiger partial charge on any atom is 0.414 e. The zero-order valence-corrected chi connectivity index (χ0v) is 17.0. The lowest BCUT2D eigenvalue weighted by atomic mass is 10.0. The summed E-state index contributed by atoms with van der Waals surface area (Å²) in [6, 6.07) is 18.8. The number of carboxylic acid groups (broad SMARTS) is 2. The highest BCUT2D eigenvalue weighted by molar-refractivity contribution is 9.10. The standard InChI is InChI=1S/C19H18BrNO.C2H2O4/c1-13-11-15(8-9-18(13)20)21-12-14-7-10-19(22-2)17-6-4-3-5-16(14)17;3-1(4)2(5)6/h3-11,21H,12H2,1-2H3;(H,3,4)(H,5,6). The summed E-state index contributed by atoms with van der Waals surface area (Å²) >= 11 is 3.53. The third-order valence-electron chi connectivity index (χ3n) is 4.02. The summed E-state index contributed by atoms with van der Waals surface area (Å²) in [5.41, 5.74) is 3.61. The zero-order valence-electron chi connectivity index (χ0n) is 15.4. The van der Waals surface area contributed by atoms with Gasteiger partial charge in [0.25, 0.3) is 0 Å². The lowest BCUT2D eigenvalue weighted by molar-refractivity contribution is -0.159. The molecule has 7 heteroatoms. The van der Waals surface area contributed by atoms with Crippen LogP contribution >= 0.6 is 15.9 Å². The van der Waals surface area contributed by atoms with Crippen LogP contribution in [0.2, 0.25) is 0 Å². The van der Waals surface area contributed by atoms with Gasteiger partial charge in [-0.1, -0.05) is 46.3 Å². The average molecular weight is 446 g/mol. The van der Waals surface area contributed by atoms with Crippen LogP contribution in [0, 0.1) is 6.92 Å². The van der Waals surface area contributed by atoms with Crippen LogP contribution in [-0.2, 0) is 16.1 Å².